The molecule has 20 heteroatoms. The van der Waals surface area contributed by atoms with Crippen molar-refractivity contribution >= 4 is 46.2 Å². The number of anilines is 2. The molecule has 4 aromatic heterocycles. The average Bonchev–Trinajstić information content (AvgIpc) is 3.96. The number of aromatic nitrogens is 6. The van der Waals surface area contributed by atoms with Crippen LogP contribution in [-0.2, 0) is 27.8 Å². The number of oxazole rings is 1. The predicted molar refractivity (Wildman–Crippen MR) is 216 cm³/mol. The molecule has 1 aromatic carbocycles. The van der Waals surface area contributed by atoms with E-state index < -0.39 is 36.5 Å². The fraction of sp³-hybridized carbons (Fsp3) is 0.463. The largest absolute Gasteiger partial charge is 0.444 e. The summed E-state index contributed by atoms with van der Waals surface area (Å²) in [5, 5.41) is 11.6. The maximum Gasteiger partial charge on any atom is 0.405 e. The number of rotatable bonds is 17. The van der Waals surface area contributed by atoms with Crippen molar-refractivity contribution in [2.75, 3.05) is 30.4 Å². The Morgan fingerprint density at radius 2 is 1.84 bits per heavy atom. The summed E-state index contributed by atoms with van der Waals surface area (Å²) in [5.41, 5.74) is 7.97. The molecule has 0 radical (unpaired) electrons. The van der Waals surface area contributed by atoms with Gasteiger partial charge in [0.05, 0.1) is 22.8 Å². The fourth-order valence-electron chi connectivity index (χ4n) is 8.15. The van der Waals surface area contributed by atoms with E-state index >= 15 is 0 Å². The normalized spacial score (nSPS) is 18.3. The third kappa shape index (κ3) is 10.2. The highest BCUT2D eigenvalue weighted by Gasteiger charge is 2.32. The Balaban J connectivity index is 0.831. The molecule has 0 bridgehead atoms. The van der Waals surface area contributed by atoms with Crippen molar-refractivity contribution in [3.8, 4) is 11.5 Å². The van der Waals surface area contributed by atoms with Gasteiger partial charge in [0.25, 0.3) is 11.8 Å². The van der Waals surface area contributed by atoms with Crippen molar-refractivity contribution in [1.82, 2.24) is 34.2 Å². The molecule has 1 saturated carbocycles. The van der Waals surface area contributed by atoms with Gasteiger partial charge in [0, 0.05) is 44.6 Å². The van der Waals surface area contributed by atoms with Crippen LogP contribution in [0.2, 0.25) is 0 Å². The van der Waals surface area contributed by atoms with Gasteiger partial charge in [0.15, 0.2) is 11.4 Å². The number of ether oxygens (including phenoxy) is 1. The molecule has 1 atom stereocenters. The van der Waals surface area contributed by atoms with Crippen molar-refractivity contribution in [1.29, 1.82) is 0 Å². The molecule has 5 heterocycles. The summed E-state index contributed by atoms with van der Waals surface area (Å²) >= 11 is 0. The molecular formula is C41H47F3N10O7. The van der Waals surface area contributed by atoms with Crippen molar-refractivity contribution in [2.45, 2.75) is 88.9 Å². The van der Waals surface area contributed by atoms with E-state index in [0.29, 0.717) is 36.6 Å². The molecule has 1 aliphatic heterocycles. The first-order valence-electron chi connectivity index (χ1n) is 20.3. The summed E-state index contributed by atoms with van der Waals surface area (Å²) in [6.07, 6.45) is 8.11. The van der Waals surface area contributed by atoms with Gasteiger partial charge in [-0.25, -0.2) is 14.8 Å². The highest BCUT2D eigenvalue weighted by atomic mass is 19.4. The zero-order valence-corrected chi connectivity index (χ0v) is 33.5. The van der Waals surface area contributed by atoms with Gasteiger partial charge in [-0.2, -0.15) is 18.3 Å². The van der Waals surface area contributed by atoms with E-state index in [4.69, 9.17) is 14.9 Å². The summed E-state index contributed by atoms with van der Waals surface area (Å²) in [7, 11) is 1.70. The van der Waals surface area contributed by atoms with Crippen LogP contribution in [0.15, 0.2) is 58.2 Å². The number of para-hydroxylation sites is 1. The first kappa shape index (κ1) is 42.8. The quantitative estimate of drug-likeness (QED) is 0.0681. The lowest BCUT2D eigenvalue weighted by molar-refractivity contribution is -0.135. The number of nitrogens with two attached hydrogens (primary N) is 1. The Bertz CT molecular complexity index is 2460. The fourth-order valence-corrected chi connectivity index (χ4v) is 8.15. The number of carbonyl (C=O) groups excluding carboxylic acids is 4. The van der Waals surface area contributed by atoms with Crippen LogP contribution >= 0.6 is 0 Å². The third-order valence-electron chi connectivity index (χ3n) is 11.2. The molecule has 2 fully saturated rings. The SMILES string of the molecule is Cn1c(=O)n(C2CCC(=O)NC2=O)c2cccc(CCCOCCCCC3CCC(n4cc(NC(=O)c5coc(-c6ccnc(NCC(F)(F)F)c6)n5)c(C(N)=O)n4)CC3)c21. The summed E-state index contributed by atoms with van der Waals surface area (Å²) in [4.78, 5) is 70.9. The van der Waals surface area contributed by atoms with Gasteiger partial charge >= 0.3 is 11.9 Å². The monoisotopic (exact) mass is 848 g/mol. The highest BCUT2D eigenvalue weighted by Crippen LogP contribution is 2.35. The number of fused-ring (bicyclic) bond motifs is 1. The number of alkyl halides is 3. The molecule has 2 aliphatic rings. The van der Waals surface area contributed by atoms with E-state index in [1.54, 1.807) is 22.5 Å². The predicted octanol–water partition coefficient (Wildman–Crippen LogP) is 5.44. The van der Waals surface area contributed by atoms with E-state index in [-0.39, 0.29) is 59.3 Å². The second kappa shape index (κ2) is 18.5. The molecule has 17 nitrogen and oxygen atoms in total. The Morgan fingerprint density at radius 3 is 2.59 bits per heavy atom. The molecule has 1 aliphatic carbocycles. The van der Waals surface area contributed by atoms with Gasteiger partial charge in [-0.3, -0.25) is 38.3 Å². The van der Waals surface area contributed by atoms with Crippen LogP contribution in [0.25, 0.3) is 22.5 Å². The van der Waals surface area contributed by atoms with Crippen molar-refractivity contribution in [3.63, 3.8) is 0 Å². The van der Waals surface area contributed by atoms with Crippen LogP contribution in [0.5, 0.6) is 0 Å². The summed E-state index contributed by atoms with van der Waals surface area (Å²) in [6, 6.07) is 7.78. The second-order valence-corrected chi connectivity index (χ2v) is 15.5. The number of hydrogen-bond donors (Lipinski definition) is 4. The zero-order valence-electron chi connectivity index (χ0n) is 33.5. The van der Waals surface area contributed by atoms with Gasteiger partial charge in [-0.15, -0.1) is 0 Å². The number of nitrogens with zero attached hydrogens (tertiary/aromatic N) is 6. The van der Waals surface area contributed by atoms with Crippen molar-refractivity contribution < 1.29 is 41.5 Å². The lowest BCUT2D eigenvalue weighted by atomic mass is 9.83. The molecule has 4 amide bonds. The van der Waals surface area contributed by atoms with Crippen LogP contribution in [-0.4, -0.2) is 78.4 Å². The van der Waals surface area contributed by atoms with Crippen LogP contribution in [0.3, 0.4) is 0 Å². The Labute approximate surface area is 347 Å². The van der Waals surface area contributed by atoms with Gasteiger partial charge in [0.1, 0.15) is 24.7 Å². The summed E-state index contributed by atoms with van der Waals surface area (Å²) in [6.45, 7) is -0.0593. The standard InChI is InChI=1S/C41H47F3N10O7/c1-52-35-25(7-4-9-30(35)54(40(52)59)31-14-15-33(55)50-38(31)58)8-5-19-60-18-3-2-6-24-10-12-27(13-11-24)53-21-28(34(51-53)36(45)56)48-37(57)29-22-61-39(49-29)26-16-17-46-32(20-26)47-23-41(42,43)44/h4,7,9,16-17,20-22,24,27,31H,2-3,5-6,8,10-15,18-19,23H2,1H3,(H2,45,56)(H,46,47)(H,48,57)(H,50,55,58). The highest BCUT2D eigenvalue weighted by molar-refractivity contribution is 6.07. The average molecular weight is 849 g/mol. The first-order chi connectivity index (χ1) is 29.3. The minimum atomic E-state index is -4.44. The number of carbonyl (C=O) groups is 4. The van der Waals surface area contributed by atoms with Gasteiger partial charge in [-0.1, -0.05) is 25.0 Å². The summed E-state index contributed by atoms with van der Waals surface area (Å²) in [5.74, 6) is -1.81. The van der Waals surface area contributed by atoms with Crippen LogP contribution < -0.4 is 27.4 Å². The number of aryl methyl sites for hydroxylation is 2. The molecular weight excluding hydrogens is 802 g/mol. The summed E-state index contributed by atoms with van der Waals surface area (Å²) < 4.78 is 54.0. The molecule has 1 unspecified atom stereocenters. The Morgan fingerprint density at radius 1 is 1.05 bits per heavy atom. The van der Waals surface area contributed by atoms with Gasteiger partial charge in [0.2, 0.25) is 17.7 Å². The van der Waals surface area contributed by atoms with E-state index in [1.807, 2.05) is 18.2 Å². The zero-order chi connectivity index (χ0) is 43.3. The van der Waals surface area contributed by atoms with Crippen molar-refractivity contribution in [3.05, 3.63) is 76.4 Å². The number of nitrogens with one attached hydrogen (secondary N) is 3. The topological polar surface area (TPSA) is 223 Å². The number of halogens is 3. The Kier molecular flexibility index (Phi) is 13.0. The van der Waals surface area contributed by atoms with E-state index in [0.717, 1.165) is 68.7 Å². The minimum absolute atomic E-state index is 0.0121. The number of primary amides is 1. The Hall–Kier alpha value is -6.31. The van der Waals surface area contributed by atoms with Gasteiger partial charge < -0.3 is 25.5 Å². The van der Waals surface area contributed by atoms with E-state index in [9.17, 15) is 37.1 Å². The van der Waals surface area contributed by atoms with E-state index in [2.05, 4.69) is 31.0 Å². The number of piperidine rings is 1. The van der Waals surface area contributed by atoms with Crippen LogP contribution in [0.1, 0.15) is 103 Å². The maximum absolute atomic E-state index is 13.2. The number of imide groups is 1. The maximum atomic E-state index is 13.2. The van der Waals surface area contributed by atoms with Gasteiger partial charge in [-0.05, 0) is 81.0 Å². The number of amides is 4. The third-order valence-corrected chi connectivity index (χ3v) is 11.2. The molecule has 1 saturated heterocycles. The molecule has 324 valence electrons. The number of unbranched alkanes of at least 4 members (excludes halogenated alkanes) is 1. The lowest BCUT2D eigenvalue weighted by Crippen LogP contribution is -2.44. The second-order valence-electron chi connectivity index (χ2n) is 15.5. The number of benzene rings is 1. The molecule has 5 aromatic rings. The molecule has 5 N–H and O–H groups in total. The lowest BCUT2D eigenvalue weighted by Gasteiger charge is -2.28. The molecule has 7 rings (SSSR count). The van der Waals surface area contributed by atoms with Crippen LogP contribution in [0.4, 0.5) is 24.7 Å². The smallest absolute Gasteiger partial charge is 0.405 e. The number of imidazole rings is 1. The molecule has 0 spiro atoms. The minimum Gasteiger partial charge on any atom is -0.444 e. The number of hydrogen-bond acceptors (Lipinski definition) is 11. The number of pyridine rings is 1. The van der Waals surface area contributed by atoms with E-state index in [1.165, 1.54) is 22.9 Å². The van der Waals surface area contributed by atoms with Crippen molar-refractivity contribution in [2.24, 2.45) is 18.7 Å². The first-order valence-corrected chi connectivity index (χ1v) is 20.3. The van der Waals surface area contributed by atoms with Crippen LogP contribution in [0, 0.1) is 5.92 Å². The molecule has 61 heavy (non-hydrogen) atoms.